The smallest absolute Gasteiger partial charge is 0.269 e. The lowest BCUT2D eigenvalue weighted by molar-refractivity contribution is -0.384. The Morgan fingerprint density at radius 3 is 2.33 bits per heavy atom. The van der Waals surface area contributed by atoms with Crippen molar-refractivity contribution in [2.24, 2.45) is 10.2 Å². The van der Waals surface area contributed by atoms with Crippen LogP contribution in [0.15, 0.2) is 58.8 Å². The first-order chi connectivity index (χ1) is 17.6. The van der Waals surface area contributed by atoms with E-state index in [4.69, 9.17) is 14.5 Å². The maximum atomic E-state index is 10.9. The highest BCUT2D eigenvalue weighted by Gasteiger charge is 2.23. The maximum absolute atomic E-state index is 10.9. The average Bonchev–Trinajstić information content (AvgIpc) is 3.64. The number of nitro benzene ring substituents is 1. The van der Waals surface area contributed by atoms with Crippen LogP contribution in [-0.2, 0) is 4.74 Å². The van der Waals surface area contributed by atoms with E-state index in [9.17, 15) is 10.1 Å². The fourth-order valence-electron chi connectivity index (χ4n) is 3.50. The van der Waals surface area contributed by atoms with Gasteiger partial charge in [-0.05, 0) is 49.2 Å². The topological polar surface area (TPSA) is 106 Å². The highest BCUT2D eigenvalue weighted by Crippen LogP contribution is 2.41. The molecule has 190 valence electrons. The van der Waals surface area contributed by atoms with Crippen LogP contribution in [0, 0.1) is 10.1 Å². The number of epoxide rings is 1. The van der Waals surface area contributed by atoms with Gasteiger partial charge >= 0.3 is 0 Å². The van der Waals surface area contributed by atoms with E-state index in [1.54, 1.807) is 12.1 Å². The number of nitrogens with zero attached hydrogens (tertiary/aromatic N) is 5. The van der Waals surface area contributed by atoms with Gasteiger partial charge in [-0.1, -0.05) is 38.0 Å². The number of rotatable bonds is 14. The minimum Gasteiger partial charge on any atom is -0.491 e. The van der Waals surface area contributed by atoms with Crippen LogP contribution >= 0.6 is 11.3 Å². The Kier molecular flexibility index (Phi) is 8.96. The summed E-state index contributed by atoms with van der Waals surface area (Å²) in [4.78, 5) is 17.8. The van der Waals surface area contributed by atoms with Gasteiger partial charge < -0.3 is 14.4 Å². The van der Waals surface area contributed by atoms with E-state index < -0.39 is 4.92 Å². The molecule has 0 saturated carbocycles. The highest BCUT2D eigenvalue weighted by molar-refractivity contribution is 7.19. The zero-order valence-corrected chi connectivity index (χ0v) is 21.4. The molecule has 1 fully saturated rings. The van der Waals surface area contributed by atoms with E-state index in [1.807, 2.05) is 24.3 Å². The Balaban J connectivity index is 1.62. The normalized spacial score (nSPS) is 14.8. The van der Waals surface area contributed by atoms with Gasteiger partial charge in [-0.25, -0.2) is 4.98 Å². The Morgan fingerprint density at radius 1 is 1.08 bits per heavy atom. The van der Waals surface area contributed by atoms with Crippen LogP contribution in [0.2, 0.25) is 0 Å². The third-order valence-corrected chi connectivity index (χ3v) is 6.71. The largest absolute Gasteiger partial charge is 0.491 e. The number of azo groups is 1. The van der Waals surface area contributed by atoms with E-state index in [0.29, 0.717) is 17.3 Å². The Labute approximate surface area is 215 Å². The Morgan fingerprint density at radius 2 is 1.75 bits per heavy atom. The molecule has 0 aliphatic carbocycles. The molecule has 2 aromatic carbocycles. The Hall–Kier alpha value is -3.37. The summed E-state index contributed by atoms with van der Waals surface area (Å²) in [6.45, 7) is 7.58. The number of hydrogen-bond donors (Lipinski definition) is 0. The number of unbranched alkanes of at least 4 members (excludes halogenated alkanes) is 2. The SMILES string of the molecule is CCCCN(CCCC)c1nc(-c2ccc(OCC3CO3)cc2)c(N=Nc2ccc([N+](=O)[O-])cc2)s1. The van der Waals surface area contributed by atoms with Crippen molar-refractivity contribution in [2.75, 3.05) is 31.2 Å². The van der Waals surface area contributed by atoms with Crippen molar-refractivity contribution in [3.05, 3.63) is 58.6 Å². The summed E-state index contributed by atoms with van der Waals surface area (Å²) in [6.07, 6.45) is 4.61. The number of anilines is 1. The van der Waals surface area contributed by atoms with Crippen LogP contribution in [0.4, 0.5) is 21.5 Å². The maximum Gasteiger partial charge on any atom is 0.269 e. The number of non-ortho nitro benzene ring substituents is 1. The fraction of sp³-hybridized carbons (Fsp3) is 0.423. The molecule has 1 saturated heterocycles. The zero-order chi connectivity index (χ0) is 25.3. The van der Waals surface area contributed by atoms with E-state index in [0.717, 1.165) is 67.5 Å². The molecule has 1 unspecified atom stereocenters. The number of aromatic nitrogens is 1. The molecule has 2 heterocycles. The second-order valence-corrected chi connectivity index (χ2v) is 9.56. The molecule has 0 amide bonds. The van der Waals surface area contributed by atoms with Crippen LogP contribution in [0.25, 0.3) is 11.3 Å². The molecule has 9 nitrogen and oxygen atoms in total. The summed E-state index contributed by atoms with van der Waals surface area (Å²) in [5.74, 6) is 0.784. The molecule has 0 N–H and O–H groups in total. The second kappa shape index (κ2) is 12.5. The average molecular weight is 510 g/mol. The van der Waals surface area contributed by atoms with Gasteiger partial charge in [0.2, 0.25) is 0 Å². The number of ether oxygens (including phenoxy) is 2. The van der Waals surface area contributed by atoms with Crippen molar-refractivity contribution >= 4 is 32.8 Å². The monoisotopic (exact) mass is 509 g/mol. The Bertz CT molecular complexity index is 1150. The first kappa shape index (κ1) is 25.7. The third kappa shape index (κ3) is 7.08. The first-order valence-electron chi connectivity index (χ1n) is 12.3. The van der Waals surface area contributed by atoms with Crippen molar-refractivity contribution in [3.63, 3.8) is 0 Å². The quantitative estimate of drug-likeness (QED) is 0.0975. The number of nitro groups is 1. The van der Waals surface area contributed by atoms with Crippen LogP contribution in [0.5, 0.6) is 5.75 Å². The first-order valence-corrected chi connectivity index (χ1v) is 13.2. The lowest BCUT2D eigenvalue weighted by atomic mass is 10.1. The van der Waals surface area contributed by atoms with Gasteiger partial charge in [0.05, 0.1) is 17.2 Å². The molecule has 0 spiro atoms. The van der Waals surface area contributed by atoms with Gasteiger partial charge in [0.15, 0.2) is 10.1 Å². The third-order valence-electron chi connectivity index (χ3n) is 5.71. The van der Waals surface area contributed by atoms with E-state index >= 15 is 0 Å². The van der Waals surface area contributed by atoms with Crippen molar-refractivity contribution in [1.82, 2.24) is 4.98 Å². The minimum atomic E-state index is -0.430. The van der Waals surface area contributed by atoms with E-state index in [2.05, 4.69) is 29.0 Å². The van der Waals surface area contributed by atoms with Crippen molar-refractivity contribution < 1.29 is 14.4 Å². The van der Waals surface area contributed by atoms with Crippen molar-refractivity contribution in [1.29, 1.82) is 0 Å². The molecule has 1 atom stereocenters. The summed E-state index contributed by atoms with van der Waals surface area (Å²) < 4.78 is 11.0. The molecule has 0 radical (unpaired) electrons. The molecule has 1 aromatic heterocycles. The standard InChI is InChI=1S/C26H31N5O4S/c1-3-5-15-30(16-6-4-2)26-27-24(19-7-13-22(14-8-19)34-17-23-18-35-23)25(36-26)29-28-20-9-11-21(12-10-20)31(32)33/h7-14,23H,3-6,15-18H2,1-2H3. The van der Waals surface area contributed by atoms with Gasteiger partial charge in [-0.15, -0.1) is 10.2 Å². The highest BCUT2D eigenvalue weighted by atomic mass is 32.1. The van der Waals surface area contributed by atoms with Crippen molar-refractivity contribution in [3.8, 4) is 17.0 Å². The second-order valence-electron chi connectivity index (χ2n) is 8.61. The molecule has 1 aliphatic rings. The zero-order valence-electron chi connectivity index (χ0n) is 20.6. The van der Waals surface area contributed by atoms with Gasteiger partial charge in [0, 0.05) is 30.8 Å². The molecule has 36 heavy (non-hydrogen) atoms. The molecule has 4 rings (SSSR count). The molecular formula is C26H31N5O4S. The van der Waals surface area contributed by atoms with E-state index in [-0.39, 0.29) is 11.8 Å². The molecule has 10 heteroatoms. The van der Waals surface area contributed by atoms with Crippen LogP contribution in [0.3, 0.4) is 0 Å². The number of hydrogen-bond acceptors (Lipinski definition) is 9. The number of benzene rings is 2. The predicted molar refractivity (Wildman–Crippen MR) is 142 cm³/mol. The van der Waals surface area contributed by atoms with Gasteiger partial charge in [0.25, 0.3) is 5.69 Å². The van der Waals surface area contributed by atoms with Gasteiger partial charge in [0.1, 0.15) is 24.2 Å². The fourth-order valence-corrected chi connectivity index (χ4v) is 4.46. The van der Waals surface area contributed by atoms with Gasteiger partial charge in [-0.3, -0.25) is 10.1 Å². The molecule has 3 aromatic rings. The summed E-state index contributed by atoms with van der Waals surface area (Å²) >= 11 is 1.52. The number of thiazole rings is 1. The lowest BCUT2D eigenvalue weighted by Gasteiger charge is -2.21. The summed E-state index contributed by atoms with van der Waals surface area (Å²) in [7, 11) is 0. The molecule has 1 aliphatic heterocycles. The summed E-state index contributed by atoms with van der Waals surface area (Å²) in [5, 5.41) is 21.4. The predicted octanol–water partition coefficient (Wildman–Crippen LogP) is 7.32. The van der Waals surface area contributed by atoms with Crippen LogP contribution in [0.1, 0.15) is 39.5 Å². The summed E-state index contributed by atoms with van der Waals surface area (Å²) in [5.41, 5.74) is 2.25. The minimum absolute atomic E-state index is 0.0211. The lowest BCUT2D eigenvalue weighted by Crippen LogP contribution is -2.25. The van der Waals surface area contributed by atoms with Gasteiger partial charge in [-0.2, -0.15) is 0 Å². The molecular weight excluding hydrogens is 478 g/mol. The summed E-state index contributed by atoms with van der Waals surface area (Å²) in [6, 6.07) is 13.9. The van der Waals surface area contributed by atoms with Crippen LogP contribution in [-0.4, -0.2) is 42.3 Å². The van der Waals surface area contributed by atoms with E-state index in [1.165, 1.54) is 23.5 Å². The van der Waals surface area contributed by atoms with Crippen molar-refractivity contribution in [2.45, 2.75) is 45.6 Å². The molecule has 0 bridgehead atoms. The van der Waals surface area contributed by atoms with Crippen LogP contribution < -0.4 is 9.64 Å².